The lowest BCUT2D eigenvalue weighted by Gasteiger charge is -1.99. The fourth-order valence-corrected chi connectivity index (χ4v) is 0.135. The van der Waals surface area contributed by atoms with Crippen LogP contribution in [0.15, 0.2) is 17.4 Å². The predicted octanol–water partition coefficient (Wildman–Crippen LogP) is 0.230. The van der Waals surface area contributed by atoms with Gasteiger partial charge in [0.25, 0.3) is 0 Å². The van der Waals surface area contributed by atoms with Gasteiger partial charge in [-0.1, -0.05) is 6.58 Å². The second-order valence-corrected chi connectivity index (χ2v) is 1.18. The summed E-state index contributed by atoms with van der Waals surface area (Å²) in [6.07, 6.45) is 0. The Labute approximate surface area is 43.1 Å². The van der Waals surface area contributed by atoms with E-state index in [9.17, 15) is 0 Å². The molecule has 2 N–H and O–H groups in total. The molecule has 0 aliphatic heterocycles. The van der Waals surface area contributed by atoms with Gasteiger partial charge in [-0.2, -0.15) is 5.10 Å². The summed E-state index contributed by atoms with van der Waals surface area (Å²) in [5, 5.41) is 3.30. The molecule has 0 aromatic heterocycles. The molecule has 0 aliphatic rings. The van der Waals surface area contributed by atoms with Gasteiger partial charge in [0.15, 0.2) is 0 Å². The van der Waals surface area contributed by atoms with Crippen LogP contribution >= 0.6 is 0 Å². The Hall–Kier alpha value is -0.990. The highest BCUT2D eigenvalue weighted by Gasteiger charge is 1.71. The Bertz CT molecular complexity index is 77.0. The van der Waals surface area contributed by atoms with Crippen LogP contribution in [0.25, 0.3) is 0 Å². The standard InChI is InChI=1S/C4H9N3/c1-4(2)6-7-5-3/h6-7H,1,3H2,2H3. The first-order chi connectivity index (χ1) is 3.27. The normalized spacial score (nSPS) is 7.00. The molecule has 0 aromatic carbocycles. The van der Waals surface area contributed by atoms with E-state index in [4.69, 9.17) is 0 Å². The van der Waals surface area contributed by atoms with E-state index in [1.165, 1.54) is 0 Å². The van der Waals surface area contributed by atoms with Crippen molar-refractivity contribution in [2.45, 2.75) is 6.92 Å². The minimum Gasteiger partial charge on any atom is -0.290 e. The molecule has 0 bridgehead atoms. The van der Waals surface area contributed by atoms with Gasteiger partial charge < -0.3 is 0 Å². The highest BCUT2D eigenvalue weighted by molar-refractivity contribution is 5.22. The Morgan fingerprint density at radius 1 is 1.71 bits per heavy atom. The summed E-state index contributed by atoms with van der Waals surface area (Å²) < 4.78 is 0. The van der Waals surface area contributed by atoms with Gasteiger partial charge in [-0.25, -0.2) is 5.53 Å². The molecule has 0 spiro atoms. The SMILES string of the molecule is C=NNNC(=C)C. The first-order valence-electron chi connectivity index (χ1n) is 1.89. The van der Waals surface area contributed by atoms with Crippen molar-refractivity contribution in [3.63, 3.8) is 0 Å². The summed E-state index contributed by atoms with van der Waals surface area (Å²) >= 11 is 0. The third kappa shape index (κ3) is 5.01. The van der Waals surface area contributed by atoms with Crippen LogP contribution in [0.5, 0.6) is 0 Å². The molecule has 0 atom stereocenters. The summed E-state index contributed by atoms with van der Waals surface area (Å²) in [6.45, 7) is 8.52. The topological polar surface area (TPSA) is 36.4 Å². The van der Waals surface area contributed by atoms with E-state index in [2.05, 4.69) is 29.4 Å². The van der Waals surface area contributed by atoms with E-state index in [1.807, 2.05) is 6.92 Å². The highest BCUT2D eigenvalue weighted by atomic mass is 15.5. The van der Waals surface area contributed by atoms with Crippen molar-refractivity contribution in [1.29, 1.82) is 0 Å². The lowest BCUT2D eigenvalue weighted by Crippen LogP contribution is -2.23. The number of nitrogens with one attached hydrogen (secondary N) is 2. The van der Waals surface area contributed by atoms with Gasteiger partial charge in [0.05, 0.1) is 0 Å². The number of allylic oxidation sites excluding steroid dienone is 1. The fourth-order valence-electron chi connectivity index (χ4n) is 0.135. The number of hydrazine groups is 1. The van der Waals surface area contributed by atoms with Gasteiger partial charge in [0.2, 0.25) is 0 Å². The summed E-state index contributed by atoms with van der Waals surface area (Å²) in [5.41, 5.74) is 5.85. The zero-order valence-corrected chi connectivity index (χ0v) is 4.36. The van der Waals surface area contributed by atoms with Gasteiger partial charge in [0, 0.05) is 12.4 Å². The highest BCUT2D eigenvalue weighted by Crippen LogP contribution is 1.69. The molecule has 0 saturated heterocycles. The second-order valence-electron chi connectivity index (χ2n) is 1.18. The predicted molar refractivity (Wildman–Crippen MR) is 30.6 cm³/mol. The Kier molecular flexibility index (Phi) is 2.76. The van der Waals surface area contributed by atoms with E-state index in [1.54, 1.807) is 0 Å². The smallest absolute Gasteiger partial charge is 0.0227 e. The van der Waals surface area contributed by atoms with Gasteiger partial charge in [-0.3, -0.25) is 5.43 Å². The van der Waals surface area contributed by atoms with Gasteiger partial charge in [-0.15, -0.1) is 0 Å². The van der Waals surface area contributed by atoms with Gasteiger partial charge in [0.1, 0.15) is 0 Å². The molecule has 0 rings (SSSR count). The maximum atomic E-state index is 3.53. The van der Waals surface area contributed by atoms with Crippen LogP contribution in [-0.2, 0) is 0 Å². The average molecular weight is 99.1 g/mol. The van der Waals surface area contributed by atoms with Crippen molar-refractivity contribution in [3.05, 3.63) is 12.3 Å². The zero-order chi connectivity index (χ0) is 5.70. The molecule has 0 amide bonds. The van der Waals surface area contributed by atoms with Crippen molar-refractivity contribution in [1.82, 2.24) is 11.0 Å². The van der Waals surface area contributed by atoms with E-state index in [0.717, 1.165) is 5.70 Å². The van der Waals surface area contributed by atoms with Crippen LogP contribution in [0.1, 0.15) is 6.92 Å². The van der Waals surface area contributed by atoms with Crippen molar-refractivity contribution in [2.24, 2.45) is 5.10 Å². The van der Waals surface area contributed by atoms with E-state index in [0.29, 0.717) is 0 Å². The molecule has 0 unspecified atom stereocenters. The number of hydrazone groups is 1. The van der Waals surface area contributed by atoms with Crippen LogP contribution in [0, 0.1) is 0 Å². The van der Waals surface area contributed by atoms with Crippen LogP contribution in [-0.4, -0.2) is 6.72 Å². The van der Waals surface area contributed by atoms with Crippen LogP contribution in [0.4, 0.5) is 0 Å². The molecule has 0 radical (unpaired) electrons. The minimum absolute atomic E-state index is 0.812. The average Bonchev–Trinajstić information content (AvgIpc) is 1.61. The van der Waals surface area contributed by atoms with Crippen LogP contribution < -0.4 is 11.0 Å². The summed E-state index contributed by atoms with van der Waals surface area (Å²) in [6, 6.07) is 0. The molecule has 3 nitrogen and oxygen atoms in total. The quantitative estimate of drug-likeness (QED) is 0.392. The third-order valence-electron chi connectivity index (χ3n) is 0.348. The first-order valence-corrected chi connectivity index (χ1v) is 1.89. The monoisotopic (exact) mass is 99.1 g/mol. The minimum atomic E-state index is 0.812. The van der Waals surface area contributed by atoms with Gasteiger partial charge in [-0.05, 0) is 6.92 Å². The molecule has 0 fully saturated rings. The van der Waals surface area contributed by atoms with Crippen molar-refractivity contribution in [3.8, 4) is 0 Å². The number of nitrogens with zero attached hydrogens (tertiary/aromatic N) is 1. The molecular weight excluding hydrogens is 90.1 g/mol. The third-order valence-corrected chi connectivity index (χ3v) is 0.348. The largest absolute Gasteiger partial charge is 0.290 e. The maximum absolute atomic E-state index is 3.53. The molecule has 0 aromatic rings. The lowest BCUT2D eigenvalue weighted by molar-refractivity contribution is 0.641. The number of hydrogen-bond donors (Lipinski definition) is 2. The van der Waals surface area contributed by atoms with Crippen LogP contribution in [0.3, 0.4) is 0 Å². The summed E-state index contributed by atoms with van der Waals surface area (Å²) in [4.78, 5) is 0. The van der Waals surface area contributed by atoms with Crippen molar-refractivity contribution < 1.29 is 0 Å². The Morgan fingerprint density at radius 2 is 2.29 bits per heavy atom. The van der Waals surface area contributed by atoms with E-state index in [-0.39, 0.29) is 0 Å². The molecule has 7 heavy (non-hydrogen) atoms. The lowest BCUT2D eigenvalue weighted by atomic mass is 10.6. The zero-order valence-electron chi connectivity index (χ0n) is 4.36. The van der Waals surface area contributed by atoms with Crippen molar-refractivity contribution in [2.75, 3.05) is 0 Å². The molecular formula is C4H9N3. The van der Waals surface area contributed by atoms with E-state index < -0.39 is 0 Å². The Morgan fingerprint density at radius 3 is 2.43 bits per heavy atom. The van der Waals surface area contributed by atoms with E-state index >= 15 is 0 Å². The van der Waals surface area contributed by atoms with Crippen LogP contribution in [0.2, 0.25) is 0 Å². The number of rotatable bonds is 3. The molecule has 0 aliphatic carbocycles. The molecule has 0 heterocycles. The first kappa shape index (κ1) is 6.01. The maximum Gasteiger partial charge on any atom is 0.0227 e. The molecule has 3 heteroatoms. The second kappa shape index (κ2) is 3.21. The Balaban J connectivity index is 2.97. The summed E-state index contributed by atoms with van der Waals surface area (Å²) in [5.74, 6) is 0. The van der Waals surface area contributed by atoms with Gasteiger partial charge >= 0.3 is 0 Å². The molecule has 0 saturated carbocycles. The fraction of sp³-hybridized carbons (Fsp3) is 0.250. The summed E-state index contributed by atoms with van der Waals surface area (Å²) in [7, 11) is 0. The number of hydrogen-bond acceptors (Lipinski definition) is 3. The van der Waals surface area contributed by atoms with Crippen molar-refractivity contribution >= 4 is 6.72 Å². The molecule has 40 valence electrons.